The summed E-state index contributed by atoms with van der Waals surface area (Å²) in [5.74, 6) is 4.20. The fraction of sp³-hybridized carbons (Fsp3) is 0.800. The van der Waals surface area contributed by atoms with Crippen LogP contribution in [0.2, 0.25) is 0 Å². The molecule has 0 bridgehead atoms. The lowest BCUT2D eigenvalue weighted by atomic mass is 9.47. The maximum absolute atomic E-state index is 10.2. The van der Waals surface area contributed by atoms with Crippen molar-refractivity contribution in [3.8, 4) is 12.3 Å². The first kappa shape index (κ1) is 16.6. The van der Waals surface area contributed by atoms with Crippen LogP contribution >= 0.6 is 0 Å². The van der Waals surface area contributed by atoms with E-state index >= 15 is 0 Å². The molecule has 0 aromatic rings. The lowest BCUT2D eigenvalue weighted by Crippen LogP contribution is -2.51. The van der Waals surface area contributed by atoms with E-state index in [-0.39, 0.29) is 16.9 Å². The molecule has 0 amide bonds. The molecule has 0 aromatic heterocycles. The van der Waals surface area contributed by atoms with Crippen LogP contribution in [0.3, 0.4) is 0 Å². The molecule has 1 N–H and O–H groups in total. The van der Waals surface area contributed by atoms with E-state index in [9.17, 15) is 5.11 Å². The van der Waals surface area contributed by atoms with Crippen LogP contribution in [0.1, 0.15) is 72.6 Å². The Kier molecular flexibility index (Phi) is 4.89. The Hall–Kier alpha value is -0.740. The van der Waals surface area contributed by atoms with Crippen LogP contribution < -0.4 is 0 Å². The standard InChI is InChI=1S/C18H26O.C2H6/c1-4-18-10-6-5-7-16(18)17(3)11-9-15(19)13(2)14(17)8-12-18;1-2/h1,7,13-15,19H,5-6,8-12H2,2-3H3;1-2H3. The lowest BCUT2D eigenvalue weighted by Gasteiger charge is -2.58. The van der Waals surface area contributed by atoms with Crippen LogP contribution in [0.25, 0.3) is 0 Å². The van der Waals surface area contributed by atoms with Crippen molar-refractivity contribution in [3.63, 3.8) is 0 Å². The largest absolute Gasteiger partial charge is 0.393 e. The van der Waals surface area contributed by atoms with Gasteiger partial charge >= 0.3 is 0 Å². The van der Waals surface area contributed by atoms with E-state index in [2.05, 4.69) is 25.8 Å². The van der Waals surface area contributed by atoms with Crippen LogP contribution in [0.5, 0.6) is 0 Å². The van der Waals surface area contributed by atoms with Crippen molar-refractivity contribution < 1.29 is 5.11 Å². The highest BCUT2D eigenvalue weighted by atomic mass is 16.3. The van der Waals surface area contributed by atoms with Gasteiger partial charge in [0, 0.05) is 0 Å². The van der Waals surface area contributed by atoms with Crippen LogP contribution in [0.4, 0.5) is 0 Å². The minimum absolute atomic E-state index is 0.0471. The molecule has 3 aliphatic carbocycles. The zero-order chi connectivity index (χ0) is 15.7. The van der Waals surface area contributed by atoms with Gasteiger partial charge in [-0.15, -0.1) is 6.42 Å². The Bertz CT molecular complexity index is 443. The summed E-state index contributed by atoms with van der Waals surface area (Å²) in [4.78, 5) is 0. The van der Waals surface area contributed by atoms with Gasteiger partial charge in [0.1, 0.15) is 0 Å². The number of hydrogen-bond acceptors (Lipinski definition) is 1. The highest BCUT2D eigenvalue weighted by molar-refractivity contribution is 5.37. The molecule has 2 saturated carbocycles. The third kappa shape index (κ3) is 2.46. The van der Waals surface area contributed by atoms with Crippen molar-refractivity contribution in [2.24, 2.45) is 22.7 Å². The van der Waals surface area contributed by atoms with E-state index < -0.39 is 0 Å². The van der Waals surface area contributed by atoms with E-state index in [0.717, 1.165) is 19.3 Å². The van der Waals surface area contributed by atoms with Crippen molar-refractivity contribution in [2.75, 3.05) is 0 Å². The van der Waals surface area contributed by atoms with E-state index in [0.29, 0.717) is 11.8 Å². The van der Waals surface area contributed by atoms with Gasteiger partial charge < -0.3 is 5.11 Å². The number of terminal acetylenes is 1. The molecule has 1 heteroatoms. The number of aliphatic hydroxyl groups is 1. The van der Waals surface area contributed by atoms with Crippen LogP contribution in [-0.2, 0) is 0 Å². The number of hydrogen-bond donors (Lipinski definition) is 1. The zero-order valence-corrected chi connectivity index (χ0v) is 14.3. The zero-order valence-electron chi connectivity index (χ0n) is 14.3. The molecular weight excluding hydrogens is 256 g/mol. The molecule has 0 heterocycles. The Labute approximate surface area is 131 Å². The Morgan fingerprint density at radius 1 is 1.24 bits per heavy atom. The average Bonchev–Trinajstić information content (AvgIpc) is 2.53. The van der Waals surface area contributed by atoms with Gasteiger partial charge in [-0.05, 0) is 67.8 Å². The average molecular weight is 288 g/mol. The van der Waals surface area contributed by atoms with Gasteiger partial charge in [0.25, 0.3) is 0 Å². The summed E-state index contributed by atoms with van der Waals surface area (Å²) in [7, 11) is 0. The number of fused-ring (bicyclic) bond motifs is 3. The second-order valence-corrected chi connectivity index (χ2v) is 7.26. The molecule has 0 aliphatic heterocycles. The van der Waals surface area contributed by atoms with Crippen LogP contribution in [-0.4, -0.2) is 11.2 Å². The summed E-state index contributed by atoms with van der Waals surface area (Å²) < 4.78 is 0. The molecule has 0 spiro atoms. The Balaban J connectivity index is 0.000000774. The van der Waals surface area contributed by atoms with Crippen molar-refractivity contribution in [1.82, 2.24) is 0 Å². The highest BCUT2D eigenvalue weighted by Gasteiger charge is 2.55. The van der Waals surface area contributed by atoms with Gasteiger partial charge in [-0.2, -0.15) is 0 Å². The molecule has 0 aromatic carbocycles. The van der Waals surface area contributed by atoms with Crippen molar-refractivity contribution in [2.45, 2.75) is 78.7 Å². The van der Waals surface area contributed by atoms with Gasteiger partial charge in [0.2, 0.25) is 0 Å². The SMILES string of the molecule is C#CC12CCCC=C1C1(C)CCC(O)C(C)C1CC2.CC. The van der Waals surface area contributed by atoms with Gasteiger partial charge in [0.15, 0.2) is 0 Å². The molecule has 118 valence electrons. The van der Waals surface area contributed by atoms with E-state index in [1.165, 1.54) is 25.7 Å². The summed E-state index contributed by atoms with van der Waals surface area (Å²) in [5.41, 5.74) is 1.85. The monoisotopic (exact) mass is 288 g/mol. The van der Waals surface area contributed by atoms with Crippen LogP contribution in [0.15, 0.2) is 11.6 Å². The molecular formula is C20H32O. The fourth-order valence-corrected chi connectivity index (χ4v) is 5.30. The summed E-state index contributed by atoms with van der Waals surface area (Å²) in [6, 6.07) is 0. The summed E-state index contributed by atoms with van der Waals surface area (Å²) in [5, 5.41) is 10.2. The van der Waals surface area contributed by atoms with E-state index in [4.69, 9.17) is 6.42 Å². The predicted octanol–water partition coefficient (Wildman–Crippen LogP) is 4.95. The summed E-state index contributed by atoms with van der Waals surface area (Å²) in [6.45, 7) is 8.65. The molecule has 3 aliphatic rings. The number of rotatable bonds is 0. The second kappa shape index (κ2) is 6.17. The third-order valence-electron chi connectivity index (χ3n) is 6.46. The Morgan fingerprint density at radius 2 is 1.95 bits per heavy atom. The smallest absolute Gasteiger partial charge is 0.0569 e. The maximum atomic E-state index is 10.2. The first-order chi connectivity index (χ1) is 10.0. The minimum atomic E-state index is -0.111. The molecule has 5 unspecified atom stereocenters. The maximum Gasteiger partial charge on any atom is 0.0569 e. The van der Waals surface area contributed by atoms with Gasteiger partial charge in [-0.3, -0.25) is 0 Å². The highest BCUT2D eigenvalue weighted by Crippen LogP contribution is 2.62. The molecule has 0 radical (unpaired) electrons. The van der Waals surface area contributed by atoms with Crippen molar-refractivity contribution in [3.05, 3.63) is 11.6 Å². The minimum Gasteiger partial charge on any atom is -0.393 e. The third-order valence-corrected chi connectivity index (χ3v) is 6.46. The quantitative estimate of drug-likeness (QED) is 0.494. The summed E-state index contributed by atoms with van der Waals surface area (Å²) in [6.07, 6.45) is 16.3. The predicted molar refractivity (Wildman–Crippen MR) is 89.8 cm³/mol. The normalized spacial score (nSPS) is 45.1. The fourth-order valence-electron chi connectivity index (χ4n) is 5.30. The molecule has 5 atom stereocenters. The number of aliphatic hydroxyl groups excluding tert-OH is 1. The van der Waals surface area contributed by atoms with Gasteiger partial charge in [0.05, 0.1) is 11.5 Å². The molecule has 0 saturated heterocycles. The van der Waals surface area contributed by atoms with E-state index in [1.807, 2.05) is 13.8 Å². The topological polar surface area (TPSA) is 20.2 Å². The first-order valence-corrected chi connectivity index (χ1v) is 8.90. The van der Waals surface area contributed by atoms with E-state index in [1.54, 1.807) is 5.57 Å². The number of allylic oxidation sites excluding steroid dienone is 2. The van der Waals surface area contributed by atoms with Crippen LogP contribution in [0, 0.1) is 35.0 Å². The van der Waals surface area contributed by atoms with Crippen molar-refractivity contribution in [1.29, 1.82) is 0 Å². The molecule has 21 heavy (non-hydrogen) atoms. The first-order valence-electron chi connectivity index (χ1n) is 8.90. The molecule has 3 rings (SSSR count). The second-order valence-electron chi connectivity index (χ2n) is 7.26. The molecule has 2 fully saturated rings. The Morgan fingerprint density at radius 3 is 2.62 bits per heavy atom. The van der Waals surface area contributed by atoms with Gasteiger partial charge in [-0.25, -0.2) is 0 Å². The molecule has 1 nitrogen and oxygen atoms in total. The summed E-state index contributed by atoms with van der Waals surface area (Å²) >= 11 is 0. The van der Waals surface area contributed by atoms with Gasteiger partial charge in [-0.1, -0.05) is 39.7 Å². The lowest BCUT2D eigenvalue weighted by molar-refractivity contribution is -0.0467. The van der Waals surface area contributed by atoms with Crippen molar-refractivity contribution >= 4 is 0 Å².